The molecule has 0 spiro atoms. The van der Waals surface area contributed by atoms with E-state index in [-0.39, 0.29) is 5.97 Å². The van der Waals surface area contributed by atoms with Crippen LogP contribution in [-0.2, 0) is 9.53 Å². The van der Waals surface area contributed by atoms with Gasteiger partial charge in [0.25, 0.3) is 0 Å². The number of methoxy groups -OCH3 is 1. The van der Waals surface area contributed by atoms with Crippen molar-refractivity contribution < 1.29 is 9.53 Å². The number of hydrogen-bond donors (Lipinski definition) is 1. The first kappa shape index (κ1) is 15.3. The highest BCUT2D eigenvalue weighted by Crippen LogP contribution is 2.42. The molecule has 1 fully saturated rings. The summed E-state index contributed by atoms with van der Waals surface area (Å²) in [5.41, 5.74) is 0.421. The number of likely N-dealkylation sites (N-methyl/N-ethyl adjacent to an activating group) is 1. The summed E-state index contributed by atoms with van der Waals surface area (Å²) in [5.74, 6) is 0.774. The summed E-state index contributed by atoms with van der Waals surface area (Å²) in [6.07, 6.45) is 5.72. The van der Waals surface area contributed by atoms with Crippen molar-refractivity contribution in [3.8, 4) is 0 Å². The molecule has 0 amide bonds. The van der Waals surface area contributed by atoms with Crippen molar-refractivity contribution >= 4 is 17.7 Å². The number of carbonyl (C=O) groups is 1. The van der Waals surface area contributed by atoms with E-state index in [0.29, 0.717) is 16.8 Å². The third-order valence-electron chi connectivity index (χ3n) is 3.50. The number of carbonyl (C=O) groups excluding carboxylic acids is 1. The minimum Gasteiger partial charge on any atom is -0.468 e. The third kappa shape index (κ3) is 3.30. The van der Waals surface area contributed by atoms with Crippen LogP contribution in [-0.4, -0.2) is 40.9 Å². The van der Waals surface area contributed by atoms with Gasteiger partial charge in [-0.05, 0) is 37.8 Å². The number of hydrogen-bond acceptors (Lipinski definition) is 6. The van der Waals surface area contributed by atoms with Crippen molar-refractivity contribution in [1.29, 1.82) is 0 Å². The van der Waals surface area contributed by atoms with E-state index in [2.05, 4.69) is 15.3 Å². The van der Waals surface area contributed by atoms with Crippen LogP contribution >= 0.6 is 11.8 Å². The van der Waals surface area contributed by atoms with Crippen LogP contribution < -0.4 is 5.32 Å². The number of nitrogens with one attached hydrogen (secondary N) is 1. The molecule has 0 aliphatic heterocycles. The normalized spacial score (nSPS) is 17.6. The smallest absolute Gasteiger partial charge is 0.327 e. The van der Waals surface area contributed by atoms with Crippen LogP contribution in [0.3, 0.4) is 0 Å². The van der Waals surface area contributed by atoms with E-state index >= 15 is 0 Å². The highest BCUT2D eigenvalue weighted by molar-refractivity contribution is 7.99. The molecule has 0 radical (unpaired) electrons. The van der Waals surface area contributed by atoms with E-state index < -0.39 is 5.54 Å². The van der Waals surface area contributed by atoms with Gasteiger partial charge in [-0.25, -0.2) is 9.97 Å². The number of thioether (sulfide) groups is 1. The van der Waals surface area contributed by atoms with E-state index in [1.165, 1.54) is 18.9 Å². The molecule has 1 aliphatic carbocycles. The molecule has 1 aliphatic rings. The van der Waals surface area contributed by atoms with Crippen molar-refractivity contribution in [2.24, 2.45) is 5.92 Å². The van der Waals surface area contributed by atoms with Gasteiger partial charge in [-0.15, -0.1) is 0 Å². The molecule has 6 heteroatoms. The van der Waals surface area contributed by atoms with Crippen LogP contribution in [0.2, 0.25) is 0 Å². The van der Waals surface area contributed by atoms with E-state index in [0.717, 1.165) is 24.9 Å². The van der Waals surface area contributed by atoms with Gasteiger partial charge in [-0.2, -0.15) is 0 Å². The summed E-state index contributed by atoms with van der Waals surface area (Å²) < 4.78 is 5.02. The topological polar surface area (TPSA) is 64.1 Å². The second-order valence-electron chi connectivity index (χ2n) is 5.10. The molecule has 2 rings (SSSR count). The number of nitrogens with zero attached hydrogens (tertiary/aromatic N) is 2. The van der Waals surface area contributed by atoms with Gasteiger partial charge in [0.15, 0.2) is 5.16 Å². The largest absolute Gasteiger partial charge is 0.468 e. The Morgan fingerprint density at radius 2 is 2.15 bits per heavy atom. The molecule has 110 valence electrons. The van der Waals surface area contributed by atoms with E-state index in [9.17, 15) is 4.79 Å². The van der Waals surface area contributed by atoms with Gasteiger partial charge in [0.1, 0.15) is 5.54 Å². The molecular weight excluding hydrogens is 274 g/mol. The summed E-state index contributed by atoms with van der Waals surface area (Å²) in [4.78, 5) is 20.8. The van der Waals surface area contributed by atoms with Crippen LogP contribution in [0.4, 0.5) is 0 Å². The number of rotatable bonds is 7. The van der Waals surface area contributed by atoms with Gasteiger partial charge in [0.2, 0.25) is 0 Å². The monoisotopic (exact) mass is 295 g/mol. The minimum absolute atomic E-state index is 0.179. The number of aryl methyl sites for hydroxylation is 1. The fourth-order valence-electron chi connectivity index (χ4n) is 2.32. The zero-order chi connectivity index (χ0) is 14.6. The third-order valence-corrected chi connectivity index (χ3v) is 4.57. The minimum atomic E-state index is -0.609. The Hall–Kier alpha value is -1.14. The Kier molecular flexibility index (Phi) is 4.99. The van der Waals surface area contributed by atoms with Gasteiger partial charge in [0, 0.05) is 18.1 Å². The lowest BCUT2D eigenvalue weighted by atomic mass is 9.95. The van der Waals surface area contributed by atoms with Gasteiger partial charge >= 0.3 is 5.97 Å². The summed E-state index contributed by atoms with van der Waals surface area (Å²) >= 11 is 1.50. The average molecular weight is 295 g/mol. The Balaban J connectivity index is 2.10. The Morgan fingerprint density at radius 1 is 1.50 bits per heavy atom. The van der Waals surface area contributed by atoms with Crippen molar-refractivity contribution in [2.75, 3.05) is 19.4 Å². The zero-order valence-corrected chi connectivity index (χ0v) is 13.0. The zero-order valence-electron chi connectivity index (χ0n) is 12.2. The predicted molar refractivity (Wildman–Crippen MR) is 78.6 cm³/mol. The van der Waals surface area contributed by atoms with Gasteiger partial charge < -0.3 is 10.1 Å². The second-order valence-corrected chi connectivity index (χ2v) is 6.04. The van der Waals surface area contributed by atoms with Gasteiger partial charge in [-0.3, -0.25) is 4.79 Å². The van der Waals surface area contributed by atoms with Gasteiger partial charge in [0.05, 0.1) is 7.11 Å². The van der Waals surface area contributed by atoms with E-state index in [4.69, 9.17) is 4.74 Å². The highest BCUT2D eigenvalue weighted by atomic mass is 32.2. The Bertz CT molecular complexity index is 462. The maximum Gasteiger partial charge on any atom is 0.327 e. The summed E-state index contributed by atoms with van der Waals surface area (Å²) in [6.45, 7) is 4.70. The summed E-state index contributed by atoms with van der Waals surface area (Å²) in [5, 5.41) is 4.04. The average Bonchev–Trinajstić information content (AvgIpc) is 3.29. The van der Waals surface area contributed by atoms with Crippen molar-refractivity contribution in [2.45, 2.75) is 37.4 Å². The molecule has 0 aromatic carbocycles. The van der Waals surface area contributed by atoms with Gasteiger partial charge in [-0.1, -0.05) is 18.7 Å². The predicted octanol–water partition coefficient (Wildman–Crippen LogP) is 1.81. The van der Waals surface area contributed by atoms with Crippen LogP contribution in [0.15, 0.2) is 17.6 Å². The quantitative estimate of drug-likeness (QED) is 0.470. The van der Waals surface area contributed by atoms with E-state index in [1.54, 1.807) is 12.4 Å². The molecule has 1 heterocycles. The van der Waals surface area contributed by atoms with Crippen molar-refractivity contribution in [3.63, 3.8) is 0 Å². The molecule has 1 aromatic rings. The van der Waals surface area contributed by atoms with Crippen LogP contribution in [0.25, 0.3) is 0 Å². The van der Waals surface area contributed by atoms with Crippen molar-refractivity contribution in [3.05, 3.63) is 18.0 Å². The lowest BCUT2D eigenvalue weighted by Gasteiger charge is -2.31. The molecule has 1 saturated carbocycles. The first-order chi connectivity index (χ1) is 9.62. The maximum atomic E-state index is 12.2. The highest BCUT2D eigenvalue weighted by Gasteiger charge is 2.51. The molecule has 1 aromatic heterocycles. The number of esters is 1. The lowest BCUT2D eigenvalue weighted by molar-refractivity contribution is -0.148. The molecule has 1 N–H and O–H groups in total. The first-order valence-corrected chi connectivity index (χ1v) is 7.86. The molecule has 0 bridgehead atoms. The van der Waals surface area contributed by atoms with Crippen LogP contribution in [0.5, 0.6) is 0 Å². The molecule has 1 atom stereocenters. The second kappa shape index (κ2) is 6.54. The van der Waals surface area contributed by atoms with Crippen LogP contribution in [0.1, 0.15) is 25.3 Å². The fraction of sp³-hybridized carbons (Fsp3) is 0.643. The molecule has 1 unspecified atom stereocenters. The van der Waals surface area contributed by atoms with Crippen molar-refractivity contribution in [1.82, 2.24) is 15.3 Å². The summed E-state index contributed by atoms with van der Waals surface area (Å²) in [7, 11) is 1.45. The van der Waals surface area contributed by atoms with E-state index in [1.807, 2.05) is 13.8 Å². The number of aromatic nitrogens is 2. The standard InChI is InChI=1S/C14H21N3O2S/c1-4-17-14(11-5-6-11,12(18)19-3)9-20-13-15-7-10(2)8-16-13/h7-8,11,17H,4-6,9H2,1-3H3. The fourth-order valence-corrected chi connectivity index (χ4v) is 3.39. The SMILES string of the molecule is CCNC(CSc1ncc(C)cn1)(C(=O)OC)C1CC1. The summed E-state index contributed by atoms with van der Waals surface area (Å²) in [6, 6.07) is 0. The molecule has 20 heavy (non-hydrogen) atoms. The Labute approximate surface area is 123 Å². The molecule has 0 saturated heterocycles. The Morgan fingerprint density at radius 3 is 2.65 bits per heavy atom. The maximum absolute atomic E-state index is 12.2. The lowest BCUT2D eigenvalue weighted by Crippen LogP contribution is -2.56. The molecular formula is C14H21N3O2S. The van der Waals surface area contributed by atoms with Crippen LogP contribution in [0, 0.1) is 12.8 Å². The molecule has 5 nitrogen and oxygen atoms in total. The first-order valence-electron chi connectivity index (χ1n) is 6.87. The number of ether oxygens (including phenoxy) is 1.